The van der Waals surface area contributed by atoms with Gasteiger partial charge in [0.2, 0.25) is 0 Å². The molecule has 2 nitrogen and oxygen atoms in total. The molecule has 0 saturated heterocycles. The molecule has 2 heteroatoms. The molecule has 12 heavy (non-hydrogen) atoms. The first-order valence-corrected chi connectivity index (χ1v) is 5.00. The minimum absolute atomic E-state index is 0.762. The molecule has 2 rings (SSSR count). The van der Waals surface area contributed by atoms with Crippen molar-refractivity contribution < 1.29 is 4.84 Å². The van der Waals surface area contributed by atoms with Crippen LogP contribution in [0, 0.1) is 11.8 Å². The molecule has 0 radical (unpaired) electrons. The summed E-state index contributed by atoms with van der Waals surface area (Å²) < 4.78 is 0. The molecule has 0 aromatic carbocycles. The van der Waals surface area contributed by atoms with Crippen LogP contribution in [0.15, 0.2) is 5.16 Å². The minimum atomic E-state index is 0.762. The van der Waals surface area contributed by atoms with Gasteiger partial charge in [0.15, 0.2) is 0 Å². The van der Waals surface area contributed by atoms with Crippen LogP contribution in [-0.4, -0.2) is 12.8 Å². The molecular formula is C10H17NO. The third-order valence-electron chi connectivity index (χ3n) is 3.27. The average Bonchev–Trinajstić information content (AvgIpc) is 2.11. The van der Waals surface area contributed by atoms with E-state index in [1.807, 2.05) is 0 Å². The maximum atomic E-state index is 4.86. The van der Waals surface area contributed by atoms with Crippen LogP contribution in [0.1, 0.15) is 38.5 Å². The van der Waals surface area contributed by atoms with Crippen LogP contribution in [-0.2, 0) is 4.84 Å². The summed E-state index contributed by atoms with van der Waals surface area (Å²) in [6.45, 7) is 0. The molecule has 2 bridgehead atoms. The fraction of sp³-hybridized carbons (Fsp3) is 0.900. The van der Waals surface area contributed by atoms with E-state index in [0.29, 0.717) is 0 Å². The van der Waals surface area contributed by atoms with Gasteiger partial charge in [0, 0.05) is 5.92 Å². The lowest BCUT2D eigenvalue weighted by molar-refractivity contribution is 0.199. The molecule has 0 heterocycles. The van der Waals surface area contributed by atoms with Gasteiger partial charge in [-0.3, -0.25) is 0 Å². The third kappa shape index (κ3) is 1.47. The van der Waals surface area contributed by atoms with E-state index < -0.39 is 0 Å². The zero-order valence-corrected chi connectivity index (χ0v) is 7.75. The van der Waals surface area contributed by atoms with Crippen LogP contribution in [0.4, 0.5) is 0 Å². The average molecular weight is 167 g/mol. The highest BCUT2D eigenvalue weighted by atomic mass is 16.6. The molecule has 2 aliphatic carbocycles. The Balaban J connectivity index is 2.04. The van der Waals surface area contributed by atoms with Gasteiger partial charge in [0.1, 0.15) is 7.11 Å². The van der Waals surface area contributed by atoms with Crippen LogP contribution < -0.4 is 0 Å². The molecule has 2 aliphatic rings. The molecule has 68 valence electrons. The molecule has 0 N–H and O–H groups in total. The highest BCUT2D eigenvalue weighted by Gasteiger charge is 2.30. The van der Waals surface area contributed by atoms with Crippen molar-refractivity contribution in [2.45, 2.75) is 38.5 Å². The second kappa shape index (κ2) is 3.46. The predicted octanol–water partition coefficient (Wildman–Crippen LogP) is 2.59. The molecule has 0 unspecified atom stereocenters. The molecule has 0 aliphatic heterocycles. The first-order valence-electron chi connectivity index (χ1n) is 5.00. The van der Waals surface area contributed by atoms with Gasteiger partial charge in [-0.2, -0.15) is 0 Å². The van der Waals surface area contributed by atoms with Gasteiger partial charge in [-0.25, -0.2) is 0 Å². The van der Waals surface area contributed by atoms with E-state index in [1.54, 1.807) is 7.11 Å². The number of hydrogen-bond donors (Lipinski definition) is 0. The van der Waals surface area contributed by atoms with Crippen molar-refractivity contribution in [3.8, 4) is 0 Å². The molecule has 2 saturated carbocycles. The molecular weight excluding hydrogens is 150 g/mol. The number of nitrogens with zero attached hydrogens (tertiary/aromatic N) is 1. The summed E-state index contributed by atoms with van der Waals surface area (Å²) in [6.07, 6.45) is 8.11. The molecule has 0 aromatic heterocycles. The summed E-state index contributed by atoms with van der Waals surface area (Å²) in [4.78, 5) is 4.86. The predicted molar refractivity (Wildman–Crippen MR) is 49.1 cm³/mol. The van der Waals surface area contributed by atoms with Crippen molar-refractivity contribution >= 4 is 5.71 Å². The van der Waals surface area contributed by atoms with Crippen molar-refractivity contribution in [3.05, 3.63) is 0 Å². The van der Waals surface area contributed by atoms with E-state index in [2.05, 4.69) is 5.16 Å². The number of hydrogen-bond acceptors (Lipinski definition) is 2. The van der Waals surface area contributed by atoms with Crippen LogP contribution >= 0.6 is 0 Å². The number of oxime groups is 1. The standard InChI is InChI=1S/C10H17NO/c1-12-11-10-6-5-8-3-2-4-9(10)7-8/h8-9H,2-7H2,1H3/b11-10+/t8-,9-/m0/s1. The highest BCUT2D eigenvalue weighted by Crippen LogP contribution is 2.38. The summed E-state index contributed by atoms with van der Waals surface area (Å²) in [5.41, 5.74) is 1.33. The van der Waals surface area contributed by atoms with Gasteiger partial charge < -0.3 is 4.84 Å². The van der Waals surface area contributed by atoms with Gasteiger partial charge in [0.25, 0.3) is 0 Å². The topological polar surface area (TPSA) is 21.6 Å². The van der Waals surface area contributed by atoms with Crippen LogP contribution in [0.2, 0.25) is 0 Å². The first kappa shape index (κ1) is 8.09. The van der Waals surface area contributed by atoms with E-state index in [0.717, 1.165) is 11.8 Å². The molecule has 0 spiro atoms. The Morgan fingerprint density at radius 2 is 2.25 bits per heavy atom. The summed E-state index contributed by atoms with van der Waals surface area (Å²) in [7, 11) is 1.65. The quantitative estimate of drug-likeness (QED) is 0.550. The lowest BCUT2D eigenvalue weighted by Gasteiger charge is -2.34. The monoisotopic (exact) mass is 167 g/mol. The van der Waals surface area contributed by atoms with E-state index in [1.165, 1.54) is 44.2 Å². The summed E-state index contributed by atoms with van der Waals surface area (Å²) in [6, 6.07) is 0. The Bertz CT molecular complexity index is 188. The van der Waals surface area contributed by atoms with Crippen molar-refractivity contribution in [2.24, 2.45) is 17.0 Å². The lowest BCUT2D eigenvalue weighted by atomic mass is 9.71. The first-order chi connectivity index (χ1) is 5.90. The summed E-state index contributed by atoms with van der Waals surface area (Å²) in [5.74, 6) is 1.76. The zero-order chi connectivity index (χ0) is 8.39. The maximum Gasteiger partial charge on any atom is 0.106 e. The zero-order valence-electron chi connectivity index (χ0n) is 7.75. The van der Waals surface area contributed by atoms with Gasteiger partial charge in [0.05, 0.1) is 5.71 Å². The van der Waals surface area contributed by atoms with Gasteiger partial charge >= 0.3 is 0 Å². The van der Waals surface area contributed by atoms with E-state index in [-0.39, 0.29) is 0 Å². The number of fused-ring (bicyclic) bond motifs is 2. The maximum absolute atomic E-state index is 4.86. The Hall–Kier alpha value is -0.530. The SMILES string of the molecule is CO/N=C1\CC[C@@H]2CCC[C@H]1C2. The Labute approximate surface area is 74.0 Å². The fourth-order valence-corrected chi connectivity index (χ4v) is 2.65. The largest absolute Gasteiger partial charge is 0.399 e. The summed E-state index contributed by atoms with van der Waals surface area (Å²) >= 11 is 0. The second-order valence-electron chi connectivity index (χ2n) is 4.03. The second-order valence-corrected chi connectivity index (χ2v) is 4.03. The van der Waals surface area contributed by atoms with E-state index in [9.17, 15) is 0 Å². The van der Waals surface area contributed by atoms with Crippen LogP contribution in [0.5, 0.6) is 0 Å². The van der Waals surface area contributed by atoms with E-state index in [4.69, 9.17) is 4.84 Å². The Morgan fingerprint density at radius 3 is 3.08 bits per heavy atom. The van der Waals surface area contributed by atoms with E-state index >= 15 is 0 Å². The normalized spacial score (nSPS) is 38.2. The van der Waals surface area contributed by atoms with Crippen molar-refractivity contribution in [3.63, 3.8) is 0 Å². The van der Waals surface area contributed by atoms with Crippen molar-refractivity contribution in [1.82, 2.24) is 0 Å². The molecule has 0 aromatic rings. The van der Waals surface area contributed by atoms with Gasteiger partial charge in [-0.15, -0.1) is 0 Å². The van der Waals surface area contributed by atoms with Gasteiger partial charge in [-0.1, -0.05) is 18.0 Å². The lowest BCUT2D eigenvalue weighted by Crippen LogP contribution is -2.28. The Kier molecular flexibility index (Phi) is 2.33. The molecule has 0 amide bonds. The number of rotatable bonds is 1. The molecule has 2 atom stereocenters. The third-order valence-corrected chi connectivity index (χ3v) is 3.27. The van der Waals surface area contributed by atoms with Crippen molar-refractivity contribution in [1.29, 1.82) is 0 Å². The highest BCUT2D eigenvalue weighted by molar-refractivity contribution is 5.87. The molecule has 2 fully saturated rings. The smallest absolute Gasteiger partial charge is 0.106 e. The minimum Gasteiger partial charge on any atom is -0.399 e. The van der Waals surface area contributed by atoms with Gasteiger partial charge in [-0.05, 0) is 31.6 Å². The van der Waals surface area contributed by atoms with Crippen molar-refractivity contribution in [2.75, 3.05) is 7.11 Å². The summed E-state index contributed by atoms with van der Waals surface area (Å²) in [5, 5.41) is 4.12. The Morgan fingerprint density at radius 1 is 1.33 bits per heavy atom. The van der Waals surface area contributed by atoms with Crippen LogP contribution in [0.3, 0.4) is 0 Å². The van der Waals surface area contributed by atoms with Crippen LogP contribution in [0.25, 0.3) is 0 Å². The fourth-order valence-electron chi connectivity index (χ4n) is 2.65.